The molecule has 188 valence electrons. The molecular formula is C30H26N6O2. The molecule has 0 saturated heterocycles. The van der Waals surface area contributed by atoms with Crippen LogP contribution in [0.2, 0.25) is 0 Å². The van der Waals surface area contributed by atoms with E-state index < -0.39 is 0 Å². The fourth-order valence-corrected chi connectivity index (χ4v) is 4.61. The van der Waals surface area contributed by atoms with Crippen LogP contribution >= 0.6 is 0 Å². The van der Waals surface area contributed by atoms with Gasteiger partial charge in [0.1, 0.15) is 23.3 Å². The number of fused-ring (bicyclic) bond motifs is 1. The maximum Gasteiger partial charge on any atom is 0.263 e. The van der Waals surface area contributed by atoms with Crippen LogP contribution in [0.15, 0.2) is 84.0 Å². The molecule has 3 aromatic heterocycles. The first-order chi connectivity index (χ1) is 18.5. The molecule has 0 aliphatic heterocycles. The van der Waals surface area contributed by atoms with E-state index in [0.717, 1.165) is 33.5 Å². The van der Waals surface area contributed by atoms with Gasteiger partial charge < -0.3 is 10.1 Å². The van der Waals surface area contributed by atoms with E-state index in [1.54, 1.807) is 31.0 Å². The number of hydrogen-bond acceptors (Lipinski definition) is 7. The van der Waals surface area contributed by atoms with Gasteiger partial charge in [0.05, 0.1) is 24.2 Å². The molecule has 5 aromatic rings. The predicted octanol–water partition coefficient (Wildman–Crippen LogP) is 5.34. The summed E-state index contributed by atoms with van der Waals surface area (Å²) < 4.78 is 7.00. The zero-order valence-electron chi connectivity index (χ0n) is 21.3. The highest BCUT2D eigenvalue weighted by atomic mass is 16.5. The van der Waals surface area contributed by atoms with Gasteiger partial charge in [0.15, 0.2) is 0 Å². The van der Waals surface area contributed by atoms with Gasteiger partial charge in [-0.3, -0.25) is 14.3 Å². The van der Waals surface area contributed by atoms with Gasteiger partial charge >= 0.3 is 0 Å². The lowest BCUT2D eigenvalue weighted by Crippen LogP contribution is -2.26. The summed E-state index contributed by atoms with van der Waals surface area (Å²) in [7, 11) is 1.64. The van der Waals surface area contributed by atoms with E-state index in [0.29, 0.717) is 29.2 Å². The van der Waals surface area contributed by atoms with Crippen LogP contribution in [0.25, 0.3) is 27.6 Å². The van der Waals surface area contributed by atoms with Crippen molar-refractivity contribution in [1.29, 1.82) is 5.26 Å². The Morgan fingerprint density at radius 1 is 1.08 bits per heavy atom. The summed E-state index contributed by atoms with van der Waals surface area (Å²) in [6.07, 6.45) is 5.02. The first-order valence-electron chi connectivity index (χ1n) is 12.2. The molecule has 1 N–H and O–H groups in total. The molecular weight excluding hydrogens is 476 g/mol. The first kappa shape index (κ1) is 24.8. The number of hydrogen-bond donors (Lipinski definition) is 1. The Bertz CT molecular complexity index is 1720. The van der Waals surface area contributed by atoms with Crippen LogP contribution in [-0.2, 0) is 11.3 Å². The number of methoxy groups -OCH3 is 1. The molecule has 0 unspecified atom stereocenters. The van der Waals surface area contributed by atoms with Crippen LogP contribution < -0.4 is 10.9 Å². The van der Waals surface area contributed by atoms with Crippen LogP contribution in [0.5, 0.6) is 0 Å². The average molecular weight is 503 g/mol. The number of ether oxygens (including phenoxy) is 1. The Kier molecular flexibility index (Phi) is 6.94. The molecule has 5 rings (SSSR count). The molecule has 38 heavy (non-hydrogen) atoms. The van der Waals surface area contributed by atoms with Gasteiger partial charge in [0.2, 0.25) is 0 Å². The van der Waals surface area contributed by atoms with Gasteiger partial charge in [-0.05, 0) is 54.6 Å². The summed E-state index contributed by atoms with van der Waals surface area (Å²) >= 11 is 0. The van der Waals surface area contributed by atoms with Gasteiger partial charge in [-0.25, -0.2) is 9.97 Å². The topological polar surface area (TPSA) is 106 Å². The van der Waals surface area contributed by atoms with Crippen LogP contribution in [0.3, 0.4) is 0 Å². The van der Waals surface area contributed by atoms with Crippen molar-refractivity contribution < 1.29 is 4.74 Å². The molecule has 0 bridgehead atoms. The summed E-state index contributed by atoms with van der Waals surface area (Å²) in [6, 6.07) is 21.1. The van der Waals surface area contributed by atoms with Crippen molar-refractivity contribution in [2.45, 2.75) is 26.5 Å². The molecule has 0 aliphatic carbocycles. The predicted molar refractivity (Wildman–Crippen MR) is 147 cm³/mol. The Labute approximate surface area is 220 Å². The number of benzene rings is 2. The lowest BCUT2D eigenvalue weighted by atomic mass is 9.98. The molecule has 0 radical (unpaired) electrons. The van der Waals surface area contributed by atoms with E-state index >= 15 is 0 Å². The lowest BCUT2D eigenvalue weighted by molar-refractivity contribution is 0.184. The molecule has 0 aliphatic rings. The monoisotopic (exact) mass is 502 g/mol. The summed E-state index contributed by atoms with van der Waals surface area (Å²) in [5.74, 6) is 0.973. The molecule has 2 aromatic carbocycles. The van der Waals surface area contributed by atoms with Crippen LogP contribution in [-0.4, -0.2) is 26.6 Å². The number of nitrogens with one attached hydrogen (secondary N) is 1. The average Bonchev–Trinajstić information content (AvgIpc) is 2.93. The third kappa shape index (κ3) is 4.75. The summed E-state index contributed by atoms with van der Waals surface area (Å²) in [4.78, 5) is 27.2. The lowest BCUT2D eigenvalue weighted by Gasteiger charge is -2.22. The second kappa shape index (κ2) is 10.6. The van der Waals surface area contributed by atoms with Crippen molar-refractivity contribution in [3.63, 3.8) is 0 Å². The largest absolute Gasteiger partial charge is 0.380 e. The molecule has 1 atom stereocenters. The summed E-state index contributed by atoms with van der Waals surface area (Å²) in [6.45, 7) is 4.14. The number of nitriles is 1. The Balaban J connectivity index is 1.73. The fraction of sp³-hybridized carbons (Fsp3) is 0.167. The van der Waals surface area contributed by atoms with Gasteiger partial charge in [-0.15, -0.1) is 0 Å². The molecule has 0 fully saturated rings. The quantitative estimate of drug-likeness (QED) is 0.320. The van der Waals surface area contributed by atoms with E-state index in [9.17, 15) is 10.1 Å². The number of nitrogens with zero attached hydrogens (tertiary/aromatic N) is 5. The maximum atomic E-state index is 14.3. The second-order valence-corrected chi connectivity index (χ2v) is 8.99. The third-order valence-electron chi connectivity index (χ3n) is 6.33. The van der Waals surface area contributed by atoms with Crippen molar-refractivity contribution in [1.82, 2.24) is 19.5 Å². The molecule has 8 nitrogen and oxygen atoms in total. The SMILES string of the molecule is COCc1cncc(-c2cccc3cc([C@H](C)Nc4nc(C)ncc4C#N)n(-c4ccccc4)c(=O)c23)c1. The highest BCUT2D eigenvalue weighted by Crippen LogP contribution is 2.30. The van der Waals surface area contributed by atoms with Gasteiger partial charge in [-0.1, -0.05) is 36.4 Å². The number of rotatable bonds is 7. The molecule has 0 saturated carbocycles. The first-order valence-corrected chi connectivity index (χ1v) is 12.2. The van der Waals surface area contributed by atoms with E-state index in [-0.39, 0.29) is 11.6 Å². The van der Waals surface area contributed by atoms with E-state index in [1.807, 2.05) is 67.6 Å². The number of pyridine rings is 2. The van der Waals surface area contributed by atoms with Crippen molar-refractivity contribution in [3.05, 3.63) is 112 Å². The molecule has 0 amide bonds. The Hall–Kier alpha value is -4.87. The summed E-state index contributed by atoms with van der Waals surface area (Å²) in [5.41, 5.74) is 4.23. The fourth-order valence-electron chi connectivity index (χ4n) is 4.61. The summed E-state index contributed by atoms with van der Waals surface area (Å²) in [5, 5.41) is 14.3. The van der Waals surface area contributed by atoms with Crippen molar-refractivity contribution in [3.8, 4) is 22.9 Å². The van der Waals surface area contributed by atoms with E-state index in [1.165, 1.54) is 6.20 Å². The number of aryl methyl sites for hydroxylation is 1. The maximum absolute atomic E-state index is 14.3. The van der Waals surface area contributed by atoms with Crippen molar-refractivity contribution >= 4 is 16.6 Å². The van der Waals surface area contributed by atoms with Gasteiger partial charge in [0.25, 0.3) is 5.56 Å². The molecule has 8 heteroatoms. The highest BCUT2D eigenvalue weighted by Gasteiger charge is 2.20. The van der Waals surface area contributed by atoms with Gasteiger partial charge in [-0.2, -0.15) is 5.26 Å². The van der Waals surface area contributed by atoms with Crippen molar-refractivity contribution in [2.24, 2.45) is 0 Å². The smallest absolute Gasteiger partial charge is 0.263 e. The van der Waals surface area contributed by atoms with Crippen LogP contribution in [0.1, 0.15) is 35.6 Å². The minimum atomic E-state index is -0.357. The Morgan fingerprint density at radius 3 is 2.66 bits per heavy atom. The van der Waals surface area contributed by atoms with Gasteiger partial charge in [0, 0.05) is 36.4 Å². The third-order valence-corrected chi connectivity index (χ3v) is 6.33. The van der Waals surface area contributed by atoms with Crippen molar-refractivity contribution in [2.75, 3.05) is 12.4 Å². The zero-order valence-corrected chi connectivity index (χ0v) is 21.3. The normalized spacial score (nSPS) is 11.7. The Morgan fingerprint density at radius 2 is 1.89 bits per heavy atom. The highest BCUT2D eigenvalue weighted by molar-refractivity contribution is 5.96. The molecule has 3 heterocycles. The standard InChI is InChI=1S/C30H26N6O2/c1-19(34-29-24(14-31)17-33-20(2)35-29)27-13-22-8-7-11-26(23-12-21(18-38-3)15-32-16-23)28(22)30(37)36(27)25-9-5-4-6-10-25/h4-13,15-17,19H,18H2,1-3H3,(H,33,34,35)/t19-/m0/s1. The molecule has 0 spiro atoms. The van der Waals surface area contributed by atoms with Crippen LogP contribution in [0.4, 0.5) is 5.82 Å². The van der Waals surface area contributed by atoms with E-state index in [4.69, 9.17) is 4.74 Å². The number of aromatic nitrogens is 4. The minimum absolute atomic E-state index is 0.149. The number of para-hydroxylation sites is 1. The second-order valence-electron chi connectivity index (χ2n) is 8.99. The van der Waals surface area contributed by atoms with Crippen LogP contribution in [0, 0.1) is 18.3 Å². The number of anilines is 1. The van der Waals surface area contributed by atoms with E-state index in [2.05, 4.69) is 26.3 Å². The zero-order chi connectivity index (χ0) is 26.6. The minimum Gasteiger partial charge on any atom is -0.380 e.